The van der Waals surface area contributed by atoms with Gasteiger partial charge in [0.1, 0.15) is 0 Å². The van der Waals surface area contributed by atoms with Gasteiger partial charge < -0.3 is 4.90 Å². The molecule has 3 atom stereocenters. The summed E-state index contributed by atoms with van der Waals surface area (Å²) in [5.74, 6) is 0.336. The zero-order chi connectivity index (χ0) is 14.9. The van der Waals surface area contributed by atoms with Crippen LogP contribution in [0.15, 0.2) is 30.3 Å². The number of amides is 1. The summed E-state index contributed by atoms with van der Waals surface area (Å²) < 4.78 is 0. The fourth-order valence-corrected chi connectivity index (χ4v) is 5.56. The van der Waals surface area contributed by atoms with E-state index < -0.39 is 0 Å². The Morgan fingerprint density at radius 2 is 2.18 bits per heavy atom. The maximum Gasteiger partial charge on any atom is 0.228 e. The Kier molecular flexibility index (Phi) is 2.48. The highest BCUT2D eigenvalue weighted by Gasteiger charge is 2.59. The van der Waals surface area contributed by atoms with Gasteiger partial charge in [0.25, 0.3) is 0 Å². The SMILES string of the molecule is CC[C@]12CCCN3CC=C4c5ccccc5N(C(=O)C1)C4[C@@H]32. The lowest BCUT2D eigenvalue weighted by molar-refractivity contribution is -0.129. The second-order valence-corrected chi connectivity index (χ2v) is 7.32. The van der Waals surface area contributed by atoms with Crippen LogP contribution in [0.3, 0.4) is 0 Å². The first-order chi connectivity index (χ1) is 10.7. The number of rotatable bonds is 1. The zero-order valence-electron chi connectivity index (χ0n) is 13.1. The molecule has 2 fully saturated rings. The molecule has 0 bridgehead atoms. The lowest BCUT2D eigenvalue weighted by Gasteiger charge is -2.58. The minimum Gasteiger partial charge on any atom is -0.303 e. The topological polar surface area (TPSA) is 23.6 Å². The van der Waals surface area contributed by atoms with Crippen LogP contribution in [0.2, 0.25) is 0 Å². The third-order valence-electron chi connectivity index (χ3n) is 6.53. The van der Waals surface area contributed by atoms with Gasteiger partial charge in [-0.05, 0) is 42.9 Å². The summed E-state index contributed by atoms with van der Waals surface area (Å²) >= 11 is 0. The fraction of sp³-hybridized carbons (Fsp3) is 0.526. The molecule has 3 heteroatoms. The number of para-hydroxylation sites is 1. The first-order valence-corrected chi connectivity index (χ1v) is 8.61. The Labute approximate surface area is 131 Å². The molecule has 2 saturated heterocycles. The van der Waals surface area contributed by atoms with Crippen molar-refractivity contribution in [3.8, 4) is 0 Å². The van der Waals surface area contributed by atoms with Gasteiger partial charge in [-0.25, -0.2) is 0 Å². The minimum absolute atomic E-state index is 0.193. The zero-order valence-corrected chi connectivity index (χ0v) is 13.1. The maximum atomic E-state index is 13.0. The number of hydrogen-bond donors (Lipinski definition) is 0. The van der Waals surface area contributed by atoms with Crippen molar-refractivity contribution in [1.82, 2.24) is 4.90 Å². The van der Waals surface area contributed by atoms with Crippen LogP contribution >= 0.6 is 0 Å². The highest BCUT2D eigenvalue weighted by molar-refractivity contribution is 6.06. The molecule has 4 aliphatic heterocycles. The smallest absolute Gasteiger partial charge is 0.228 e. The maximum absolute atomic E-state index is 13.0. The van der Waals surface area contributed by atoms with Crippen molar-refractivity contribution in [3.63, 3.8) is 0 Å². The van der Waals surface area contributed by atoms with Gasteiger partial charge in [-0.15, -0.1) is 0 Å². The molecule has 0 radical (unpaired) electrons. The summed E-state index contributed by atoms with van der Waals surface area (Å²) in [6.45, 7) is 4.52. The second-order valence-electron chi connectivity index (χ2n) is 7.32. The van der Waals surface area contributed by atoms with Crippen LogP contribution in [0.25, 0.3) is 5.57 Å². The van der Waals surface area contributed by atoms with E-state index in [0.29, 0.717) is 11.9 Å². The van der Waals surface area contributed by atoms with Crippen LogP contribution in [-0.2, 0) is 4.79 Å². The first-order valence-electron chi connectivity index (χ1n) is 8.61. The Morgan fingerprint density at radius 3 is 3.05 bits per heavy atom. The molecule has 3 nitrogen and oxygen atoms in total. The van der Waals surface area contributed by atoms with E-state index in [2.05, 4.69) is 47.1 Å². The predicted molar refractivity (Wildman–Crippen MR) is 87.6 cm³/mol. The van der Waals surface area contributed by atoms with Crippen molar-refractivity contribution in [2.45, 2.75) is 44.7 Å². The van der Waals surface area contributed by atoms with Crippen molar-refractivity contribution in [2.24, 2.45) is 5.41 Å². The number of anilines is 1. The van der Waals surface area contributed by atoms with Crippen LogP contribution in [0.5, 0.6) is 0 Å². The molecule has 0 saturated carbocycles. The molecule has 0 spiro atoms. The van der Waals surface area contributed by atoms with Gasteiger partial charge in [-0.3, -0.25) is 9.69 Å². The molecule has 1 aromatic rings. The van der Waals surface area contributed by atoms with E-state index in [-0.39, 0.29) is 11.5 Å². The van der Waals surface area contributed by atoms with Crippen LogP contribution in [-0.4, -0.2) is 36.0 Å². The van der Waals surface area contributed by atoms with Crippen LogP contribution < -0.4 is 4.90 Å². The van der Waals surface area contributed by atoms with Gasteiger partial charge in [-0.1, -0.05) is 31.2 Å². The number of carbonyl (C=O) groups is 1. The van der Waals surface area contributed by atoms with Gasteiger partial charge in [0.2, 0.25) is 5.91 Å². The standard InChI is InChI=1S/C19H22N2O/c1-2-19-9-5-10-20-11-8-14-13-6-3-4-7-15(13)21(16(22)12-19)17(14)18(19)20/h3-4,6-8,17-18H,2,5,9-12H2,1H3/t17?,18-,19+/m1/s1. The summed E-state index contributed by atoms with van der Waals surface area (Å²) in [5, 5.41) is 0. The third-order valence-corrected chi connectivity index (χ3v) is 6.53. The summed E-state index contributed by atoms with van der Waals surface area (Å²) in [5.41, 5.74) is 4.03. The van der Waals surface area contributed by atoms with Crippen molar-refractivity contribution >= 4 is 17.2 Å². The van der Waals surface area contributed by atoms with E-state index in [4.69, 9.17) is 0 Å². The van der Waals surface area contributed by atoms with Crippen LogP contribution in [0.1, 0.15) is 38.2 Å². The van der Waals surface area contributed by atoms with Crippen molar-refractivity contribution in [1.29, 1.82) is 0 Å². The van der Waals surface area contributed by atoms with Crippen molar-refractivity contribution < 1.29 is 4.79 Å². The predicted octanol–water partition coefficient (Wildman–Crippen LogP) is 3.06. The second kappa shape index (κ2) is 4.23. The van der Waals surface area contributed by atoms with Gasteiger partial charge in [-0.2, -0.15) is 0 Å². The molecule has 22 heavy (non-hydrogen) atoms. The summed E-state index contributed by atoms with van der Waals surface area (Å²) in [6.07, 6.45) is 6.67. The van der Waals surface area contributed by atoms with Crippen LogP contribution in [0, 0.1) is 5.41 Å². The molecule has 114 valence electrons. The van der Waals surface area contributed by atoms with E-state index in [1.54, 1.807) is 0 Å². The van der Waals surface area contributed by atoms with Crippen molar-refractivity contribution in [2.75, 3.05) is 18.0 Å². The summed E-state index contributed by atoms with van der Waals surface area (Å²) in [4.78, 5) is 17.8. The Balaban J connectivity index is 1.74. The average Bonchev–Trinajstić information content (AvgIpc) is 2.89. The quantitative estimate of drug-likeness (QED) is 0.795. The molecule has 4 heterocycles. The highest BCUT2D eigenvalue weighted by Crippen LogP contribution is 2.56. The van der Waals surface area contributed by atoms with E-state index in [9.17, 15) is 4.79 Å². The van der Waals surface area contributed by atoms with Crippen LogP contribution in [0.4, 0.5) is 5.69 Å². The molecule has 1 unspecified atom stereocenters. The van der Waals surface area contributed by atoms with E-state index in [1.807, 2.05) is 0 Å². The highest BCUT2D eigenvalue weighted by atomic mass is 16.2. The third kappa shape index (κ3) is 1.38. The van der Waals surface area contributed by atoms with E-state index in [1.165, 1.54) is 30.5 Å². The van der Waals surface area contributed by atoms with Gasteiger partial charge >= 0.3 is 0 Å². The molecular formula is C19H22N2O. The summed E-state index contributed by atoms with van der Waals surface area (Å²) in [7, 11) is 0. The Morgan fingerprint density at radius 1 is 1.32 bits per heavy atom. The molecule has 1 aromatic carbocycles. The van der Waals surface area contributed by atoms with Gasteiger partial charge in [0.15, 0.2) is 0 Å². The molecule has 1 amide bonds. The average molecular weight is 294 g/mol. The minimum atomic E-state index is 0.193. The van der Waals surface area contributed by atoms with E-state index >= 15 is 0 Å². The molecular weight excluding hydrogens is 272 g/mol. The number of benzene rings is 1. The molecule has 5 rings (SSSR count). The number of hydrogen-bond acceptors (Lipinski definition) is 2. The molecule has 0 aliphatic carbocycles. The van der Waals surface area contributed by atoms with Gasteiger partial charge in [0.05, 0.1) is 11.7 Å². The molecule has 0 aromatic heterocycles. The monoisotopic (exact) mass is 294 g/mol. The summed E-state index contributed by atoms with van der Waals surface area (Å²) in [6, 6.07) is 9.24. The largest absolute Gasteiger partial charge is 0.303 e. The lowest BCUT2D eigenvalue weighted by atomic mass is 9.62. The van der Waals surface area contributed by atoms with Gasteiger partial charge in [0, 0.05) is 24.6 Å². The number of nitrogens with zero attached hydrogens (tertiary/aromatic N) is 2. The molecule has 4 aliphatic rings. The molecule has 0 N–H and O–H groups in total. The number of piperidine rings is 2. The Bertz CT molecular complexity index is 694. The Hall–Kier alpha value is -1.61. The fourth-order valence-electron chi connectivity index (χ4n) is 5.56. The lowest BCUT2D eigenvalue weighted by Crippen LogP contribution is -2.68. The number of carbonyl (C=O) groups excluding carboxylic acids is 1. The van der Waals surface area contributed by atoms with Crippen molar-refractivity contribution in [3.05, 3.63) is 35.9 Å². The first kappa shape index (κ1) is 12.9. The van der Waals surface area contributed by atoms with E-state index in [0.717, 1.165) is 25.1 Å². The normalized spacial score (nSPS) is 36.0. The number of fused-ring (bicyclic) bond motifs is 3.